The van der Waals surface area contributed by atoms with Crippen LogP contribution in [0, 0.1) is 5.92 Å². The molecule has 0 aromatic heterocycles. The number of hydrogen-bond donors (Lipinski definition) is 1. The summed E-state index contributed by atoms with van der Waals surface area (Å²) in [5.74, 6) is 0.449. The number of nitrogens with one attached hydrogen (secondary N) is 1. The Hall–Kier alpha value is -0.260. The standard InChI is InChI=1S/C15H28N2O2S/c1-12-10-13(4-7-17(12)2)14(18)16-11-15(20-3)5-8-19-9-6-15/h12-13H,4-11H2,1-3H3,(H,16,18)/t12-,13-/m0/s1. The summed E-state index contributed by atoms with van der Waals surface area (Å²) in [7, 11) is 2.14. The number of thioether (sulfide) groups is 1. The summed E-state index contributed by atoms with van der Waals surface area (Å²) >= 11 is 1.88. The smallest absolute Gasteiger partial charge is 0.223 e. The van der Waals surface area contributed by atoms with E-state index in [-0.39, 0.29) is 16.6 Å². The third-order valence-corrected chi connectivity index (χ3v) is 6.42. The molecule has 1 amide bonds. The minimum Gasteiger partial charge on any atom is -0.381 e. The van der Waals surface area contributed by atoms with Crippen molar-refractivity contribution in [3.05, 3.63) is 0 Å². The van der Waals surface area contributed by atoms with E-state index in [9.17, 15) is 4.79 Å². The van der Waals surface area contributed by atoms with Crippen molar-refractivity contribution >= 4 is 17.7 Å². The van der Waals surface area contributed by atoms with Crippen molar-refractivity contribution < 1.29 is 9.53 Å². The van der Waals surface area contributed by atoms with E-state index < -0.39 is 0 Å². The molecule has 0 aliphatic carbocycles. The van der Waals surface area contributed by atoms with Crippen LogP contribution in [0.4, 0.5) is 0 Å². The molecule has 0 spiro atoms. The number of hydrogen-bond acceptors (Lipinski definition) is 4. The lowest BCUT2D eigenvalue weighted by Gasteiger charge is -2.37. The molecule has 0 aromatic rings. The summed E-state index contributed by atoms with van der Waals surface area (Å²) < 4.78 is 5.63. The first-order valence-electron chi connectivity index (χ1n) is 7.67. The first-order chi connectivity index (χ1) is 9.56. The van der Waals surface area contributed by atoms with Crippen LogP contribution < -0.4 is 5.32 Å². The highest BCUT2D eigenvalue weighted by Crippen LogP contribution is 2.33. The SMILES string of the molecule is CSC1(CNC(=O)[C@H]2CCN(C)[C@@H](C)C2)CCOCC1. The lowest BCUT2D eigenvalue weighted by molar-refractivity contribution is -0.127. The van der Waals surface area contributed by atoms with Crippen molar-refractivity contribution in [2.75, 3.05) is 39.6 Å². The van der Waals surface area contributed by atoms with Crippen molar-refractivity contribution in [2.45, 2.75) is 43.4 Å². The van der Waals surface area contributed by atoms with Crippen LogP contribution in [0.3, 0.4) is 0 Å². The van der Waals surface area contributed by atoms with Crippen LogP contribution in [-0.2, 0) is 9.53 Å². The van der Waals surface area contributed by atoms with E-state index in [2.05, 4.69) is 30.4 Å². The Morgan fingerprint density at radius 2 is 2.15 bits per heavy atom. The molecule has 20 heavy (non-hydrogen) atoms. The quantitative estimate of drug-likeness (QED) is 0.859. The summed E-state index contributed by atoms with van der Waals surface area (Å²) in [5.41, 5.74) is 0. The molecule has 2 aliphatic heterocycles. The number of piperidine rings is 1. The predicted molar refractivity (Wildman–Crippen MR) is 84.1 cm³/mol. The first kappa shape index (κ1) is 16.1. The fraction of sp³-hybridized carbons (Fsp3) is 0.933. The molecule has 2 saturated heterocycles. The second-order valence-electron chi connectivity index (χ2n) is 6.27. The molecule has 0 unspecified atom stereocenters. The van der Waals surface area contributed by atoms with Crippen LogP contribution in [0.5, 0.6) is 0 Å². The molecule has 0 aromatic carbocycles. The molecule has 4 nitrogen and oxygen atoms in total. The monoisotopic (exact) mass is 300 g/mol. The maximum absolute atomic E-state index is 12.4. The number of amides is 1. The van der Waals surface area contributed by atoms with Crippen molar-refractivity contribution in [3.8, 4) is 0 Å². The highest BCUT2D eigenvalue weighted by Gasteiger charge is 2.34. The highest BCUT2D eigenvalue weighted by atomic mass is 32.2. The minimum atomic E-state index is 0.186. The van der Waals surface area contributed by atoms with Crippen LogP contribution in [0.15, 0.2) is 0 Å². The van der Waals surface area contributed by atoms with Crippen LogP contribution >= 0.6 is 11.8 Å². The second kappa shape index (κ2) is 7.14. The van der Waals surface area contributed by atoms with Gasteiger partial charge < -0.3 is 15.0 Å². The fourth-order valence-corrected chi connectivity index (χ4v) is 3.91. The summed E-state index contributed by atoms with van der Waals surface area (Å²) in [6.45, 7) is 5.67. The number of nitrogens with zero attached hydrogens (tertiary/aromatic N) is 1. The molecule has 0 bridgehead atoms. The third kappa shape index (κ3) is 3.89. The Kier molecular flexibility index (Phi) is 5.75. The number of rotatable bonds is 4. The van der Waals surface area contributed by atoms with Gasteiger partial charge in [-0.2, -0.15) is 11.8 Å². The molecule has 2 heterocycles. The number of likely N-dealkylation sites (tertiary alicyclic amines) is 1. The van der Waals surface area contributed by atoms with Crippen LogP contribution in [0.25, 0.3) is 0 Å². The first-order valence-corrected chi connectivity index (χ1v) is 8.90. The number of ether oxygens (including phenoxy) is 1. The Labute approximate surface area is 127 Å². The molecular formula is C15H28N2O2S. The normalized spacial score (nSPS) is 30.9. The van der Waals surface area contributed by atoms with Crippen LogP contribution in [0.2, 0.25) is 0 Å². The summed E-state index contributed by atoms with van der Waals surface area (Å²) in [4.78, 5) is 14.7. The molecule has 0 radical (unpaired) electrons. The van der Waals surface area contributed by atoms with Gasteiger partial charge in [-0.1, -0.05) is 0 Å². The average molecular weight is 300 g/mol. The van der Waals surface area contributed by atoms with E-state index in [1.54, 1.807) is 0 Å². The molecule has 2 rings (SSSR count). The van der Waals surface area contributed by atoms with E-state index in [1.165, 1.54) is 0 Å². The maximum atomic E-state index is 12.4. The maximum Gasteiger partial charge on any atom is 0.223 e. The van der Waals surface area contributed by atoms with E-state index in [0.29, 0.717) is 6.04 Å². The molecule has 2 fully saturated rings. The van der Waals surface area contributed by atoms with Crippen molar-refractivity contribution in [1.29, 1.82) is 0 Å². The zero-order valence-corrected chi connectivity index (χ0v) is 13.8. The van der Waals surface area contributed by atoms with Gasteiger partial charge >= 0.3 is 0 Å². The van der Waals surface area contributed by atoms with Gasteiger partial charge in [0, 0.05) is 36.5 Å². The Morgan fingerprint density at radius 1 is 1.45 bits per heavy atom. The van der Waals surface area contributed by atoms with Gasteiger partial charge in [0.25, 0.3) is 0 Å². The Morgan fingerprint density at radius 3 is 2.75 bits per heavy atom. The largest absolute Gasteiger partial charge is 0.381 e. The van der Waals surface area contributed by atoms with Gasteiger partial charge in [0.05, 0.1) is 0 Å². The topological polar surface area (TPSA) is 41.6 Å². The summed E-state index contributed by atoms with van der Waals surface area (Å²) in [6.07, 6.45) is 6.20. The van der Waals surface area contributed by atoms with E-state index >= 15 is 0 Å². The zero-order valence-electron chi connectivity index (χ0n) is 13.0. The highest BCUT2D eigenvalue weighted by molar-refractivity contribution is 8.00. The Bertz CT molecular complexity index is 332. The second-order valence-corrected chi connectivity index (χ2v) is 7.54. The minimum absolute atomic E-state index is 0.186. The van der Waals surface area contributed by atoms with Gasteiger partial charge in [-0.25, -0.2) is 0 Å². The molecular weight excluding hydrogens is 272 g/mol. The molecule has 1 N–H and O–H groups in total. The van der Waals surface area contributed by atoms with Gasteiger partial charge in [-0.05, 0) is 52.5 Å². The lowest BCUT2D eigenvalue weighted by atomic mass is 9.91. The van der Waals surface area contributed by atoms with E-state index in [1.807, 2.05) is 11.8 Å². The Balaban J connectivity index is 1.82. The van der Waals surface area contributed by atoms with Crippen molar-refractivity contribution in [1.82, 2.24) is 10.2 Å². The van der Waals surface area contributed by atoms with Crippen molar-refractivity contribution in [3.63, 3.8) is 0 Å². The van der Waals surface area contributed by atoms with Gasteiger partial charge in [0.15, 0.2) is 0 Å². The summed E-state index contributed by atoms with van der Waals surface area (Å²) in [6, 6.07) is 0.511. The van der Waals surface area contributed by atoms with E-state index in [4.69, 9.17) is 4.74 Å². The third-order valence-electron chi connectivity index (χ3n) is 5.00. The van der Waals surface area contributed by atoms with Crippen molar-refractivity contribution in [2.24, 2.45) is 5.92 Å². The van der Waals surface area contributed by atoms with Gasteiger partial charge in [0.1, 0.15) is 0 Å². The van der Waals surface area contributed by atoms with E-state index in [0.717, 1.165) is 52.0 Å². The molecule has 116 valence electrons. The zero-order chi connectivity index (χ0) is 14.6. The fourth-order valence-electron chi connectivity index (χ4n) is 3.12. The molecule has 5 heteroatoms. The van der Waals surface area contributed by atoms with Gasteiger partial charge in [-0.15, -0.1) is 0 Å². The van der Waals surface area contributed by atoms with Crippen LogP contribution in [-0.4, -0.2) is 61.2 Å². The van der Waals surface area contributed by atoms with Gasteiger partial charge in [-0.3, -0.25) is 4.79 Å². The molecule has 2 aliphatic rings. The lowest BCUT2D eigenvalue weighted by Crippen LogP contribution is -2.48. The molecule has 2 atom stereocenters. The summed E-state index contributed by atoms with van der Waals surface area (Å²) in [5, 5.41) is 3.22. The van der Waals surface area contributed by atoms with Crippen LogP contribution in [0.1, 0.15) is 32.6 Å². The van der Waals surface area contributed by atoms with Gasteiger partial charge in [0.2, 0.25) is 5.91 Å². The number of carbonyl (C=O) groups excluding carboxylic acids is 1. The predicted octanol–water partition coefficient (Wildman–Crippen LogP) is 1.75. The molecule has 0 saturated carbocycles. The number of carbonyl (C=O) groups is 1. The average Bonchev–Trinajstić information content (AvgIpc) is 2.48.